The van der Waals surface area contributed by atoms with E-state index in [0.29, 0.717) is 15.6 Å². The highest BCUT2D eigenvalue weighted by atomic mass is 35.5. The van der Waals surface area contributed by atoms with E-state index in [9.17, 15) is 4.79 Å². The molecule has 0 atom stereocenters. The van der Waals surface area contributed by atoms with Gasteiger partial charge in [0.15, 0.2) is 11.0 Å². The summed E-state index contributed by atoms with van der Waals surface area (Å²) in [7, 11) is 0. The third kappa shape index (κ3) is 2.24. The molecule has 1 aromatic heterocycles. The molecule has 0 bridgehead atoms. The highest BCUT2D eigenvalue weighted by Gasteiger charge is 2.14. The molecule has 0 saturated carbocycles. The summed E-state index contributed by atoms with van der Waals surface area (Å²) in [5.41, 5.74) is 0.403. The summed E-state index contributed by atoms with van der Waals surface area (Å²) in [4.78, 5) is 11.9. The van der Waals surface area contributed by atoms with E-state index in [1.54, 1.807) is 12.1 Å². The van der Waals surface area contributed by atoms with Gasteiger partial charge in [0.05, 0.1) is 10.0 Å². The Balaban J connectivity index is 2.38. The predicted octanol–water partition coefficient (Wildman–Crippen LogP) is 4.47. The SMILES string of the molecule is O=C(c1ccc(Cl)c(Cl)c1)c1ccc(Cl)o1. The molecule has 16 heavy (non-hydrogen) atoms. The molecule has 0 N–H and O–H groups in total. The average molecular weight is 276 g/mol. The molecule has 0 aliphatic rings. The van der Waals surface area contributed by atoms with Crippen LogP contribution in [0, 0.1) is 0 Å². The molecular formula is C11H5Cl3O2. The molecule has 0 spiro atoms. The van der Waals surface area contributed by atoms with Crippen LogP contribution >= 0.6 is 34.8 Å². The zero-order valence-corrected chi connectivity index (χ0v) is 10.1. The van der Waals surface area contributed by atoms with E-state index in [4.69, 9.17) is 39.2 Å². The molecule has 2 aromatic rings. The second-order valence-electron chi connectivity index (χ2n) is 3.06. The van der Waals surface area contributed by atoms with Crippen molar-refractivity contribution in [1.29, 1.82) is 0 Å². The largest absolute Gasteiger partial charge is 0.441 e. The molecule has 2 nitrogen and oxygen atoms in total. The normalized spacial score (nSPS) is 10.4. The minimum atomic E-state index is -0.287. The molecule has 0 saturated heterocycles. The lowest BCUT2D eigenvalue weighted by atomic mass is 10.1. The minimum absolute atomic E-state index is 0.170. The second-order valence-corrected chi connectivity index (χ2v) is 4.25. The van der Waals surface area contributed by atoms with Crippen molar-refractivity contribution in [3.8, 4) is 0 Å². The number of halogens is 3. The van der Waals surface area contributed by atoms with Crippen molar-refractivity contribution >= 4 is 40.6 Å². The summed E-state index contributed by atoms with van der Waals surface area (Å²) in [5, 5.41) is 0.893. The molecule has 0 amide bonds. The van der Waals surface area contributed by atoms with Crippen LogP contribution in [0.15, 0.2) is 34.7 Å². The van der Waals surface area contributed by atoms with Gasteiger partial charge in [-0.25, -0.2) is 0 Å². The van der Waals surface area contributed by atoms with Gasteiger partial charge in [0.1, 0.15) is 0 Å². The fraction of sp³-hybridized carbons (Fsp3) is 0. The van der Waals surface area contributed by atoms with Gasteiger partial charge < -0.3 is 4.42 Å². The Kier molecular flexibility index (Phi) is 3.24. The first-order valence-corrected chi connectivity index (χ1v) is 5.46. The number of furan rings is 1. The molecule has 2 rings (SSSR count). The highest BCUT2D eigenvalue weighted by molar-refractivity contribution is 6.42. The van der Waals surface area contributed by atoms with Crippen molar-refractivity contribution < 1.29 is 9.21 Å². The molecular weight excluding hydrogens is 270 g/mol. The molecule has 0 radical (unpaired) electrons. The van der Waals surface area contributed by atoms with Crippen molar-refractivity contribution in [2.45, 2.75) is 0 Å². The molecule has 0 aliphatic heterocycles. The summed E-state index contributed by atoms with van der Waals surface area (Å²) >= 11 is 17.1. The van der Waals surface area contributed by atoms with E-state index >= 15 is 0 Å². The van der Waals surface area contributed by atoms with E-state index in [1.165, 1.54) is 18.2 Å². The number of ketones is 1. The first-order chi connectivity index (χ1) is 7.58. The standard InChI is InChI=1S/C11H5Cl3O2/c12-7-2-1-6(5-8(7)13)11(15)9-3-4-10(14)16-9/h1-5H. The topological polar surface area (TPSA) is 30.2 Å². The zero-order valence-electron chi connectivity index (χ0n) is 7.84. The molecule has 0 unspecified atom stereocenters. The van der Waals surface area contributed by atoms with Gasteiger partial charge >= 0.3 is 0 Å². The Morgan fingerprint density at radius 3 is 2.31 bits per heavy atom. The molecule has 1 heterocycles. The second kappa shape index (κ2) is 4.50. The van der Waals surface area contributed by atoms with Gasteiger partial charge in [-0.05, 0) is 41.9 Å². The number of hydrogen-bond donors (Lipinski definition) is 0. The Labute approximate surface area is 107 Å². The Morgan fingerprint density at radius 1 is 1.00 bits per heavy atom. The summed E-state index contributed by atoms with van der Waals surface area (Å²) in [6, 6.07) is 7.64. The first kappa shape index (κ1) is 11.5. The van der Waals surface area contributed by atoms with E-state index in [1.807, 2.05) is 0 Å². The first-order valence-electron chi connectivity index (χ1n) is 4.33. The van der Waals surface area contributed by atoms with Crippen molar-refractivity contribution in [2.24, 2.45) is 0 Å². The Morgan fingerprint density at radius 2 is 1.75 bits per heavy atom. The van der Waals surface area contributed by atoms with Crippen molar-refractivity contribution in [2.75, 3.05) is 0 Å². The van der Waals surface area contributed by atoms with Crippen LogP contribution in [0.25, 0.3) is 0 Å². The quantitative estimate of drug-likeness (QED) is 0.757. The van der Waals surface area contributed by atoms with E-state index in [0.717, 1.165) is 0 Å². The van der Waals surface area contributed by atoms with Gasteiger partial charge in [-0.3, -0.25) is 4.79 Å². The third-order valence-electron chi connectivity index (χ3n) is 1.98. The molecule has 0 fully saturated rings. The van der Waals surface area contributed by atoms with Crippen molar-refractivity contribution in [1.82, 2.24) is 0 Å². The summed E-state index contributed by atoms with van der Waals surface area (Å²) in [5.74, 6) is -0.117. The van der Waals surface area contributed by atoms with Crippen molar-refractivity contribution in [3.05, 3.63) is 56.9 Å². The fourth-order valence-corrected chi connectivity index (χ4v) is 1.66. The molecule has 82 valence electrons. The molecule has 1 aromatic carbocycles. The smallest absolute Gasteiger partial charge is 0.228 e. The number of hydrogen-bond acceptors (Lipinski definition) is 2. The van der Waals surface area contributed by atoms with Crippen molar-refractivity contribution in [3.63, 3.8) is 0 Å². The Bertz CT molecular complexity index is 546. The van der Waals surface area contributed by atoms with Crippen LogP contribution in [0.1, 0.15) is 16.1 Å². The number of benzene rings is 1. The maximum atomic E-state index is 11.9. The fourth-order valence-electron chi connectivity index (χ4n) is 1.22. The van der Waals surface area contributed by atoms with Crippen LogP contribution in [0.3, 0.4) is 0 Å². The van der Waals surface area contributed by atoms with Gasteiger partial charge in [-0.2, -0.15) is 0 Å². The van der Waals surface area contributed by atoms with E-state index in [-0.39, 0.29) is 16.8 Å². The maximum absolute atomic E-state index is 11.9. The number of carbonyl (C=O) groups excluding carboxylic acids is 1. The van der Waals surface area contributed by atoms with Gasteiger partial charge in [-0.1, -0.05) is 23.2 Å². The Hall–Kier alpha value is -0.960. The van der Waals surface area contributed by atoms with Gasteiger partial charge in [0, 0.05) is 5.56 Å². The maximum Gasteiger partial charge on any atom is 0.228 e. The number of carbonyl (C=O) groups is 1. The minimum Gasteiger partial charge on any atom is -0.441 e. The third-order valence-corrected chi connectivity index (χ3v) is 2.92. The van der Waals surface area contributed by atoms with Crippen LogP contribution in [0.2, 0.25) is 15.3 Å². The highest BCUT2D eigenvalue weighted by Crippen LogP contribution is 2.24. The predicted molar refractivity (Wildman–Crippen MR) is 63.6 cm³/mol. The average Bonchev–Trinajstić information content (AvgIpc) is 2.68. The van der Waals surface area contributed by atoms with Crippen LogP contribution in [-0.2, 0) is 0 Å². The van der Waals surface area contributed by atoms with Gasteiger partial charge in [-0.15, -0.1) is 0 Å². The van der Waals surface area contributed by atoms with Gasteiger partial charge in [0.25, 0.3) is 0 Å². The molecule has 0 aliphatic carbocycles. The number of rotatable bonds is 2. The lowest BCUT2D eigenvalue weighted by molar-refractivity contribution is 0.101. The lowest BCUT2D eigenvalue weighted by Crippen LogP contribution is -1.99. The summed E-state index contributed by atoms with van der Waals surface area (Å²) in [6.45, 7) is 0. The zero-order chi connectivity index (χ0) is 11.7. The summed E-state index contributed by atoms with van der Waals surface area (Å²) < 4.78 is 5.01. The monoisotopic (exact) mass is 274 g/mol. The van der Waals surface area contributed by atoms with E-state index < -0.39 is 0 Å². The lowest BCUT2D eigenvalue weighted by Gasteiger charge is -1.99. The van der Waals surface area contributed by atoms with E-state index in [2.05, 4.69) is 0 Å². The van der Waals surface area contributed by atoms with Crippen LogP contribution in [0.5, 0.6) is 0 Å². The van der Waals surface area contributed by atoms with Crippen LogP contribution < -0.4 is 0 Å². The van der Waals surface area contributed by atoms with Gasteiger partial charge in [0.2, 0.25) is 5.78 Å². The van der Waals surface area contributed by atoms with Crippen LogP contribution in [-0.4, -0.2) is 5.78 Å². The molecule has 5 heteroatoms. The van der Waals surface area contributed by atoms with Crippen LogP contribution in [0.4, 0.5) is 0 Å². The summed E-state index contributed by atoms with van der Waals surface area (Å²) in [6.07, 6.45) is 0.